The van der Waals surface area contributed by atoms with E-state index in [9.17, 15) is 13.2 Å². The molecule has 8 heteroatoms. The van der Waals surface area contributed by atoms with Crippen LogP contribution in [0, 0.1) is 5.92 Å². The number of likely N-dealkylation sites (tertiary alicyclic amines) is 1. The number of hydrogen-bond acceptors (Lipinski definition) is 4. The van der Waals surface area contributed by atoms with Gasteiger partial charge in [0.25, 0.3) is 0 Å². The van der Waals surface area contributed by atoms with Crippen LogP contribution in [0.3, 0.4) is 0 Å². The molecule has 1 fully saturated rings. The average Bonchev–Trinajstić information content (AvgIpc) is 2.78. The maximum Gasteiger partial charge on any atom is 0.443 e. The molecule has 2 N–H and O–H groups in total. The predicted octanol–water partition coefficient (Wildman–Crippen LogP) is 2.75. The first kappa shape index (κ1) is 16.7. The average molecular weight is 316 g/mol. The molecular weight excluding hydrogens is 299 g/mol. The monoisotopic (exact) mass is 315 g/mol. The summed E-state index contributed by atoms with van der Waals surface area (Å²) in [5.41, 5.74) is 5.60. The van der Waals surface area contributed by atoms with Gasteiger partial charge >= 0.3 is 6.18 Å². The molecule has 3 nitrogen and oxygen atoms in total. The first-order valence-corrected chi connectivity index (χ1v) is 6.75. The van der Waals surface area contributed by atoms with E-state index in [0.29, 0.717) is 23.9 Å². The third-order valence-electron chi connectivity index (χ3n) is 3.22. The van der Waals surface area contributed by atoms with Gasteiger partial charge in [-0.15, -0.1) is 23.7 Å². The molecule has 0 aromatic carbocycles. The van der Waals surface area contributed by atoms with E-state index >= 15 is 0 Å². The number of thiazole rings is 1. The minimum absolute atomic E-state index is 0. The van der Waals surface area contributed by atoms with Gasteiger partial charge in [-0.05, 0) is 38.4 Å². The van der Waals surface area contributed by atoms with E-state index in [0.717, 1.165) is 37.3 Å². The molecule has 0 amide bonds. The van der Waals surface area contributed by atoms with E-state index in [-0.39, 0.29) is 12.4 Å². The Hall–Kier alpha value is -0.370. The molecule has 0 saturated carbocycles. The Kier molecular flexibility index (Phi) is 6.04. The Morgan fingerprint density at radius 2 is 2.00 bits per heavy atom. The second kappa shape index (κ2) is 6.88. The van der Waals surface area contributed by atoms with Crippen molar-refractivity contribution < 1.29 is 13.2 Å². The summed E-state index contributed by atoms with van der Waals surface area (Å²) in [6, 6.07) is 0. The van der Waals surface area contributed by atoms with Crippen molar-refractivity contribution in [1.29, 1.82) is 0 Å². The number of piperidine rings is 1. The lowest BCUT2D eigenvalue weighted by Gasteiger charge is -2.30. The zero-order chi connectivity index (χ0) is 13.2. The molecule has 1 saturated heterocycles. The van der Waals surface area contributed by atoms with Crippen LogP contribution >= 0.6 is 23.7 Å². The van der Waals surface area contributed by atoms with Gasteiger partial charge in [-0.1, -0.05) is 0 Å². The molecule has 0 spiro atoms. The predicted molar refractivity (Wildman–Crippen MR) is 71.4 cm³/mol. The van der Waals surface area contributed by atoms with Gasteiger partial charge in [-0.2, -0.15) is 13.2 Å². The number of halogens is 4. The van der Waals surface area contributed by atoms with Crippen LogP contribution in [0.1, 0.15) is 22.7 Å². The molecule has 0 aliphatic carbocycles. The SMILES string of the molecule is Cl.NCC1CCN(Cc2cnc(C(F)(F)F)s2)CC1. The molecule has 1 aliphatic rings. The number of alkyl halides is 3. The maximum absolute atomic E-state index is 12.4. The van der Waals surface area contributed by atoms with Gasteiger partial charge in [-0.3, -0.25) is 4.90 Å². The van der Waals surface area contributed by atoms with Crippen LogP contribution in [-0.4, -0.2) is 29.5 Å². The Labute approximate surface area is 120 Å². The molecular formula is C11H17ClF3N3S. The molecule has 110 valence electrons. The van der Waals surface area contributed by atoms with Crippen LogP contribution in [0.2, 0.25) is 0 Å². The van der Waals surface area contributed by atoms with Crippen LogP contribution in [0.5, 0.6) is 0 Å². The Bertz CT molecular complexity index is 389. The molecule has 0 atom stereocenters. The van der Waals surface area contributed by atoms with Gasteiger partial charge in [0.2, 0.25) is 0 Å². The highest BCUT2D eigenvalue weighted by Crippen LogP contribution is 2.33. The van der Waals surface area contributed by atoms with E-state index in [1.54, 1.807) is 0 Å². The third kappa shape index (κ3) is 4.59. The van der Waals surface area contributed by atoms with Crippen LogP contribution in [0.25, 0.3) is 0 Å². The molecule has 0 unspecified atom stereocenters. The van der Waals surface area contributed by atoms with Gasteiger partial charge in [0.05, 0.1) is 0 Å². The second-order valence-corrected chi connectivity index (χ2v) is 5.70. The lowest BCUT2D eigenvalue weighted by Crippen LogP contribution is -2.35. The summed E-state index contributed by atoms with van der Waals surface area (Å²) in [6.45, 7) is 3.07. The first-order valence-electron chi connectivity index (χ1n) is 5.93. The van der Waals surface area contributed by atoms with Gasteiger partial charge < -0.3 is 5.73 Å². The standard InChI is InChI=1S/C11H16F3N3S.ClH/c12-11(13,14)10-16-6-9(18-10)7-17-3-1-8(5-15)2-4-17;/h6,8H,1-5,7,15H2;1H. The molecule has 0 bridgehead atoms. The Morgan fingerprint density at radius 1 is 1.37 bits per heavy atom. The first-order chi connectivity index (χ1) is 8.49. The topological polar surface area (TPSA) is 42.1 Å². The van der Waals surface area contributed by atoms with Crippen LogP contribution in [0.4, 0.5) is 13.2 Å². The van der Waals surface area contributed by atoms with Crippen molar-refractivity contribution in [3.8, 4) is 0 Å². The summed E-state index contributed by atoms with van der Waals surface area (Å²) in [5, 5.41) is -0.755. The minimum atomic E-state index is -4.32. The minimum Gasteiger partial charge on any atom is -0.330 e. The van der Waals surface area contributed by atoms with E-state index < -0.39 is 11.2 Å². The summed E-state index contributed by atoms with van der Waals surface area (Å²) < 4.78 is 37.2. The van der Waals surface area contributed by atoms with Gasteiger partial charge in [-0.25, -0.2) is 4.98 Å². The van der Waals surface area contributed by atoms with Crippen molar-refractivity contribution in [1.82, 2.24) is 9.88 Å². The number of hydrogen-bond donors (Lipinski definition) is 1. The fraction of sp³-hybridized carbons (Fsp3) is 0.727. The second-order valence-electron chi connectivity index (χ2n) is 4.58. The van der Waals surface area contributed by atoms with E-state index in [1.807, 2.05) is 0 Å². The largest absolute Gasteiger partial charge is 0.443 e. The van der Waals surface area contributed by atoms with Crippen molar-refractivity contribution in [3.63, 3.8) is 0 Å². The van der Waals surface area contributed by atoms with Crippen molar-refractivity contribution in [2.45, 2.75) is 25.6 Å². The van der Waals surface area contributed by atoms with Crippen LogP contribution in [0.15, 0.2) is 6.20 Å². The lowest BCUT2D eigenvalue weighted by atomic mass is 9.97. The van der Waals surface area contributed by atoms with Gasteiger partial charge in [0.15, 0.2) is 5.01 Å². The summed E-state index contributed by atoms with van der Waals surface area (Å²) in [5.74, 6) is 0.563. The number of nitrogens with two attached hydrogens (primary N) is 1. The van der Waals surface area contributed by atoms with Crippen molar-refractivity contribution in [3.05, 3.63) is 16.1 Å². The van der Waals surface area contributed by atoms with Crippen molar-refractivity contribution in [2.24, 2.45) is 11.7 Å². The summed E-state index contributed by atoms with van der Waals surface area (Å²) in [7, 11) is 0. The molecule has 1 aliphatic heterocycles. The highest BCUT2D eigenvalue weighted by atomic mass is 35.5. The molecule has 1 aromatic heterocycles. The smallest absolute Gasteiger partial charge is 0.330 e. The maximum atomic E-state index is 12.4. The summed E-state index contributed by atoms with van der Waals surface area (Å²) in [4.78, 5) is 6.27. The highest BCUT2D eigenvalue weighted by molar-refractivity contribution is 7.11. The molecule has 2 rings (SSSR count). The zero-order valence-electron chi connectivity index (χ0n) is 10.3. The van der Waals surface area contributed by atoms with Crippen LogP contribution < -0.4 is 5.73 Å². The summed E-state index contributed by atoms with van der Waals surface area (Å²) in [6.07, 6.45) is -0.930. The summed E-state index contributed by atoms with van der Waals surface area (Å²) >= 11 is 0.738. The van der Waals surface area contributed by atoms with Crippen molar-refractivity contribution in [2.75, 3.05) is 19.6 Å². The Balaban J connectivity index is 0.00000180. The fourth-order valence-electron chi connectivity index (χ4n) is 2.11. The number of rotatable bonds is 3. The van der Waals surface area contributed by atoms with Gasteiger partial charge in [0, 0.05) is 17.6 Å². The molecule has 0 radical (unpaired) electrons. The fourth-order valence-corrected chi connectivity index (χ4v) is 2.93. The van der Waals surface area contributed by atoms with Crippen molar-refractivity contribution >= 4 is 23.7 Å². The Morgan fingerprint density at radius 3 is 2.47 bits per heavy atom. The third-order valence-corrected chi connectivity index (χ3v) is 4.24. The lowest BCUT2D eigenvalue weighted by molar-refractivity contribution is -0.137. The van der Waals surface area contributed by atoms with E-state index in [1.165, 1.54) is 6.20 Å². The highest BCUT2D eigenvalue weighted by Gasteiger charge is 2.34. The number of aromatic nitrogens is 1. The quantitative estimate of drug-likeness (QED) is 0.932. The van der Waals surface area contributed by atoms with E-state index in [4.69, 9.17) is 5.73 Å². The van der Waals surface area contributed by atoms with E-state index in [2.05, 4.69) is 9.88 Å². The molecule has 19 heavy (non-hydrogen) atoms. The molecule has 1 aromatic rings. The van der Waals surface area contributed by atoms with Crippen LogP contribution in [-0.2, 0) is 12.7 Å². The number of nitrogens with zero attached hydrogens (tertiary/aromatic N) is 2. The normalized spacial score (nSPS) is 18.3. The molecule has 2 heterocycles. The van der Waals surface area contributed by atoms with Gasteiger partial charge in [0.1, 0.15) is 0 Å². The zero-order valence-corrected chi connectivity index (χ0v) is 12.0.